The van der Waals surface area contributed by atoms with Gasteiger partial charge in [-0.05, 0) is 31.1 Å². The molecule has 1 N–H and O–H groups in total. The molecule has 1 aliphatic carbocycles. The maximum atomic E-state index is 12.1. The van der Waals surface area contributed by atoms with Crippen molar-refractivity contribution in [3.63, 3.8) is 0 Å². The lowest BCUT2D eigenvalue weighted by Crippen LogP contribution is -2.38. The molecule has 0 saturated heterocycles. The highest BCUT2D eigenvalue weighted by Gasteiger charge is 2.43. The number of carboxylic acids is 1. The average molecular weight is 322 g/mol. The van der Waals surface area contributed by atoms with E-state index in [0.717, 1.165) is 38.0 Å². The Kier molecular flexibility index (Phi) is 8.60. The summed E-state index contributed by atoms with van der Waals surface area (Å²) in [6.45, 7) is 7.19. The monoisotopic (exact) mass is 322 g/mol. The van der Waals surface area contributed by atoms with Crippen molar-refractivity contribution < 1.29 is 14.6 Å². The van der Waals surface area contributed by atoms with Gasteiger partial charge in [0.25, 0.3) is 0 Å². The molecule has 3 heteroatoms. The van der Waals surface area contributed by atoms with Gasteiger partial charge in [-0.2, -0.15) is 0 Å². The number of hydrogen-bond donors (Lipinski definition) is 1. The summed E-state index contributed by atoms with van der Waals surface area (Å²) >= 11 is 0. The Bertz CT molecular complexity index is 423. The molecule has 2 unspecified atom stereocenters. The summed E-state index contributed by atoms with van der Waals surface area (Å²) in [5.41, 5.74) is 0.484. The molecule has 2 atom stereocenters. The predicted molar refractivity (Wildman–Crippen MR) is 95.5 cm³/mol. The van der Waals surface area contributed by atoms with Crippen LogP contribution in [-0.4, -0.2) is 24.8 Å². The molecule has 0 aromatic carbocycles. The molecule has 132 valence electrons. The van der Waals surface area contributed by atoms with Gasteiger partial charge in [-0.3, -0.25) is 4.79 Å². The predicted octanol–water partition coefficient (Wildman–Crippen LogP) is 5.22. The first-order chi connectivity index (χ1) is 11.0. The molecule has 1 aliphatic rings. The van der Waals surface area contributed by atoms with E-state index in [9.17, 15) is 9.90 Å². The summed E-state index contributed by atoms with van der Waals surface area (Å²) in [7, 11) is 1.68. The lowest BCUT2D eigenvalue weighted by Gasteiger charge is -2.36. The van der Waals surface area contributed by atoms with Crippen LogP contribution in [-0.2, 0) is 9.53 Å². The average Bonchev–Trinajstić information content (AvgIpc) is 2.52. The molecule has 0 amide bonds. The third-order valence-corrected chi connectivity index (χ3v) is 4.98. The van der Waals surface area contributed by atoms with Crippen LogP contribution in [0.4, 0.5) is 0 Å². The topological polar surface area (TPSA) is 46.5 Å². The van der Waals surface area contributed by atoms with Crippen molar-refractivity contribution in [1.82, 2.24) is 0 Å². The number of carbonyl (C=O) groups is 1. The summed E-state index contributed by atoms with van der Waals surface area (Å²) < 4.78 is 5.21. The van der Waals surface area contributed by atoms with Gasteiger partial charge in [0.05, 0.1) is 5.41 Å². The second-order valence-electron chi connectivity index (χ2n) is 7.16. The van der Waals surface area contributed by atoms with Gasteiger partial charge in [0.15, 0.2) is 0 Å². The smallest absolute Gasteiger partial charge is 0.314 e. The maximum absolute atomic E-state index is 12.1. The fourth-order valence-electron chi connectivity index (χ4n) is 3.42. The molecule has 0 heterocycles. The molecule has 0 saturated carbocycles. The van der Waals surface area contributed by atoms with Crippen molar-refractivity contribution in [1.29, 1.82) is 0 Å². The molecule has 0 aromatic rings. The fraction of sp³-hybridized carbons (Fsp3) is 0.750. The molecule has 0 radical (unpaired) electrons. The van der Waals surface area contributed by atoms with Crippen LogP contribution in [0.25, 0.3) is 0 Å². The van der Waals surface area contributed by atoms with E-state index in [1.807, 2.05) is 12.2 Å². The lowest BCUT2D eigenvalue weighted by molar-refractivity contribution is -0.149. The highest BCUT2D eigenvalue weighted by atomic mass is 16.5. The van der Waals surface area contributed by atoms with E-state index in [-0.39, 0.29) is 5.92 Å². The molecular formula is C20H34O3. The minimum Gasteiger partial charge on any atom is -0.481 e. The second kappa shape index (κ2) is 9.92. The normalized spacial score (nSPS) is 24.0. The summed E-state index contributed by atoms with van der Waals surface area (Å²) in [5, 5.41) is 9.94. The first-order valence-corrected chi connectivity index (χ1v) is 9.08. The van der Waals surface area contributed by atoms with Crippen LogP contribution in [0.1, 0.15) is 65.7 Å². The van der Waals surface area contributed by atoms with Crippen molar-refractivity contribution in [3.8, 4) is 0 Å². The molecular weight excluding hydrogens is 288 g/mol. The SMILES string of the molecule is CCC1=CC(CCOC)C(CCCCCC(C)C)(C(=O)O)C=C1. The Labute approximate surface area is 141 Å². The summed E-state index contributed by atoms with van der Waals surface area (Å²) in [6, 6.07) is 0. The van der Waals surface area contributed by atoms with E-state index in [2.05, 4.69) is 26.8 Å². The molecule has 3 nitrogen and oxygen atoms in total. The number of unbranched alkanes of at least 4 members (excludes halogenated alkanes) is 2. The molecule has 0 aliphatic heterocycles. The fourth-order valence-corrected chi connectivity index (χ4v) is 3.42. The van der Waals surface area contributed by atoms with Gasteiger partial charge in [-0.15, -0.1) is 0 Å². The van der Waals surface area contributed by atoms with Crippen LogP contribution >= 0.6 is 0 Å². The summed E-state index contributed by atoms with van der Waals surface area (Å²) in [6.07, 6.45) is 13.1. The van der Waals surface area contributed by atoms with Crippen LogP contribution in [0.5, 0.6) is 0 Å². The van der Waals surface area contributed by atoms with E-state index in [0.29, 0.717) is 6.61 Å². The minimum absolute atomic E-state index is 0.0324. The first kappa shape index (κ1) is 20.0. The van der Waals surface area contributed by atoms with Gasteiger partial charge < -0.3 is 9.84 Å². The number of allylic oxidation sites excluding steroid dienone is 3. The van der Waals surface area contributed by atoms with Gasteiger partial charge in [-0.1, -0.05) is 70.3 Å². The number of carboxylic acid groups (broad SMARTS) is 1. The van der Waals surface area contributed by atoms with Gasteiger partial charge in [0.2, 0.25) is 0 Å². The van der Waals surface area contributed by atoms with Crippen LogP contribution in [0.15, 0.2) is 23.8 Å². The Morgan fingerprint density at radius 3 is 2.65 bits per heavy atom. The van der Waals surface area contributed by atoms with Crippen molar-refractivity contribution in [3.05, 3.63) is 23.8 Å². The molecule has 0 fully saturated rings. The van der Waals surface area contributed by atoms with Gasteiger partial charge >= 0.3 is 5.97 Å². The zero-order chi connectivity index (χ0) is 17.3. The molecule has 0 aromatic heterocycles. The van der Waals surface area contributed by atoms with Crippen LogP contribution in [0.2, 0.25) is 0 Å². The van der Waals surface area contributed by atoms with Gasteiger partial charge in [-0.25, -0.2) is 0 Å². The van der Waals surface area contributed by atoms with E-state index in [1.165, 1.54) is 18.4 Å². The number of methoxy groups -OCH3 is 1. The van der Waals surface area contributed by atoms with Crippen LogP contribution in [0, 0.1) is 17.3 Å². The zero-order valence-electron chi connectivity index (χ0n) is 15.3. The maximum Gasteiger partial charge on any atom is 0.314 e. The van der Waals surface area contributed by atoms with Crippen molar-refractivity contribution >= 4 is 5.97 Å². The van der Waals surface area contributed by atoms with E-state index < -0.39 is 11.4 Å². The zero-order valence-corrected chi connectivity index (χ0v) is 15.3. The van der Waals surface area contributed by atoms with E-state index >= 15 is 0 Å². The third-order valence-electron chi connectivity index (χ3n) is 4.98. The Morgan fingerprint density at radius 2 is 2.09 bits per heavy atom. The lowest BCUT2D eigenvalue weighted by atomic mass is 9.67. The first-order valence-electron chi connectivity index (χ1n) is 9.08. The number of ether oxygens (including phenoxy) is 1. The largest absolute Gasteiger partial charge is 0.481 e. The van der Waals surface area contributed by atoms with Gasteiger partial charge in [0, 0.05) is 13.7 Å². The second-order valence-corrected chi connectivity index (χ2v) is 7.16. The van der Waals surface area contributed by atoms with Crippen LogP contribution in [0.3, 0.4) is 0 Å². The molecule has 0 spiro atoms. The van der Waals surface area contributed by atoms with Crippen molar-refractivity contribution in [2.75, 3.05) is 13.7 Å². The van der Waals surface area contributed by atoms with E-state index in [1.54, 1.807) is 7.11 Å². The summed E-state index contributed by atoms with van der Waals surface area (Å²) in [4.78, 5) is 12.1. The Hall–Kier alpha value is -1.09. The molecule has 23 heavy (non-hydrogen) atoms. The quantitative estimate of drug-likeness (QED) is 0.530. The highest BCUT2D eigenvalue weighted by Crippen LogP contribution is 2.42. The third kappa shape index (κ3) is 5.80. The van der Waals surface area contributed by atoms with Crippen molar-refractivity contribution in [2.45, 2.75) is 65.7 Å². The van der Waals surface area contributed by atoms with Gasteiger partial charge in [0.1, 0.15) is 0 Å². The Morgan fingerprint density at radius 1 is 1.35 bits per heavy atom. The number of aliphatic carboxylic acids is 1. The molecule has 1 rings (SSSR count). The van der Waals surface area contributed by atoms with Crippen molar-refractivity contribution in [2.24, 2.45) is 17.3 Å². The minimum atomic E-state index is -0.755. The number of hydrogen-bond acceptors (Lipinski definition) is 2. The number of rotatable bonds is 11. The standard InChI is InChI=1S/C20H34O3/c1-5-17-10-13-20(19(21)22,18(15-17)11-14-23-4)12-8-6-7-9-16(2)3/h10,13,15-16,18H,5-9,11-12,14H2,1-4H3,(H,21,22). The summed E-state index contributed by atoms with van der Waals surface area (Å²) in [5.74, 6) is 0.0672. The Balaban J connectivity index is 2.77. The van der Waals surface area contributed by atoms with E-state index in [4.69, 9.17) is 4.74 Å². The van der Waals surface area contributed by atoms with Crippen LogP contribution < -0.4 is 0 Å². The molecule has 0 bridgehead atoms. The highest BCUT2D eigenvalue weighted by molar-refractivity contribution is 5.78.